The lowest BCUT2D eigenvalue weighted by Crippen LogP contribution is -2.35. The van der Waals surface area contributed by atoms with Gasteiger partial charge in [-0.2, -0.15) is 0 Å². The van der Waals surface area contributed by atoms with Gasteiger partial charge in [0.15, 0.2) is 0 Å². The van der Waals surface area contributed by atoms with E-state index in [2.05, 4.69) is 41.4 Å². The number of rotatable bonds is 3. The van der Waals surface area contributed by atoms with Crippen LogP contribution in [-0.2, 0) is 6.42 Å². The minimum atomic E-state index is 1.18. The van der Waals surface area contributed by atoms with Crippen molar-refractivity contribution in [1.82, 2.24) is 10.2 Å². The van der Waals surface area contributed by atoms with Crippen molar-refractivity contribution in [2.45, 2.75) is 26.2 Å². The van der Waals surface area contributed by atoms with Crippen LogP contribution in [0.15, 0.2) is 24.3 Å². The number of hydrogen-bond donors (Lipinski definition) is 1. The number of hydrogen-bond acceptors (Lipinski definition) is 2. The zero-order valence-electron chi connectivity index (χ0n) is 10.9. The molecule has 1 N–H and O–H groups in total. The van der Waals surface area contributed by atoms with Gasteiger partial charge in [-0.05, 0) is 57.9 Å². The third kappa shape index (κ3) is 4.49. The molecule has 0 spiro atoms. The molecular formula is C15H24N2. The summed E-state index contributed by atoms with van der Waals surface area (Å²) in [5.74, 6) is 0. The van der Waals surface area contributed by atoms with Crippen LogP contribution in [0.2, 0.25) is 0 Å². The van der Waals surface area contributed by atoms with Gasteiger partial charge in [-0.3, -0.25) is 0 Å². The average molecular weight is 232 g/mol. The molecule has 1 aliphatic rings. The van der Waals surface area contributed by atoms with Gasteiger partial charge in [0.1, 0.15) is 0 Å². The first-order chi connectivity index (χ1) is 8.34. The van der Waals surface area contributed by atoms with Crippen LogP contribution in [0.1, 0.15) is 24.0 Å². The maximum absolute atomic E-state index is 3.46. The minimum absolute atomic E-state index is 1.18. The Balaban J connectivity index is 1.79. The summed E-state index contributed by atoms with van der Waals surface area (Å²) in [5, 5.41) is 3.46. The van der Waals surface area contributed by atoms with Gasteiger partial charge in [0.25, 0.3) is 0 Å². The van der Waals surface area contributed by atoms with E-state index >= 15 is 0 Å². The fraction of sp³-hybridized carbons (Fsp3) is 0.600. The lowest BCUT2D eigenvalue weighted by atomic mass is 10.1. The Morgan fingerprint density at radius 1 is 1.18 bits per heavy atom. The van der Waals surface area contributed by atoms with Crippen LogP contribution >= 0.6 is 0 Å². The van der Waals surface area contributed by atoms with Crippen LogP contribution < -0.4 is 5.32 Å². The van der Waals surface area contributed by atoms with E-state index < -0.39 is 0 Å². The summed E-state index contributed by atoms with van der Waals surface area (Å²) < 4.78 is 0. The maximum Gasteiger partial charge on any atom is 0.00218 e. The highest BCUT2D eigenvalue weighted by Crippen LogP contribution is 2.06. The summed E-state index contributed by atoms with van der Waals surface area (Å²) in [5.41, 5.74) is 2.85. The number of aryl methyl sites for hydroxylation is 1. The van der Waals surface area contributed by atoms with Gasteiger partial charge in [-0.1, -0.05) is 29.8 Å². The fourth-order valence-corrected chi connectivity index (χ4v) is 2.47. The van der Waals surface area contributed by atoms with E-state index in [0.29, 0.717) is 0 Å². The van der Waals surface area contributed by atoms with E-state index in [1.807, 2.05) is 0 Å². The Bertz CT molecular complexity index is 327. The summed E-state index contributed by atoms with van der Waals surface area (Å²) in [6.07, 6.45) is 3.76. The lowest BCUT2D eigenvalue weighted by molar-refractivity contribution is 0.255. The van der Waals surface area contributed by atoms with Crippen molar-refractivity contribution in [3.05, 3.63) is 35.4 Å². The molecule has 0 saturated carbocycles. The van der Waals surface area contributed by atoms with Gasteiger partial charge >= 0.3 is 0 Å². The molecule has 2 heteroatoms. The van der Waals surface area contributed by atoms with E-state index in [4.69, 9.17) is 0 Å². The van der Waals surface area contributed by atoms with Crippen LogP contribution in [0.3, 0.4) is 0 Å². The summed E-state index contributed by atoms with van der Waals surface area (Å²) in [6, 6.07) is 8.90. The van der Waals surface area contributed by atoms with Gasteiger partial charge in [-0.25, -0.2) is 0 Å². The number of benzene rings is 1. The van der Waals surface area contributed by atoms with Gasteiger partial charge in [0, 0.05) is 6.54 Å². The molecule has 2 nitrogen and oxygen atoms in total. The molecule has 0 unspecified atom stereocenters. The Kier molecular flexibility index (Phi) is 5.02. The molecule has 2 rings (SSSR count). The van der Waals surface area contributed by atoms with Crippen LogP contribution in [0.25, 0.3) is 0 Å². The first-order valence-electron chi connectivity index (χ1n) is 6.83. The highest BCUT2D eigenvalue weighted by atomic mass is 15.1. The molecule has 1 saturated heterocycles. The molecule has 0 bridgehead atoms. The molecule has 1 fully saturated rings. The standard InChI is InChI=1S/C15H24N2/c1-14-5-2-6-15(13-14)7-12-17-10-3-8-16-9-4-11-17/h2,5-6,13,16H,3-4,7-12H2,1H3. The molecule has 1 aromatic rings. The molecule has 0 atom stereocenters. The third-order valence-corrected chi connectivity index (χ3v) is 3.45. The van der Waals surface area contributed by atoms with E-state index in [-0.39, 0.29) is 0 Å². The van der Waals surface area contributed by atoms with Crippen molar-refractivity contribution in [3.63, 3.8) is 0 Å². The first kappa shape index (κ1) is 12.6. The summed E-state index contributed by atoms with van der Waals surface area (Å²) in [4.78, 5) is 2.61. The molecule has 0 amide bonds. The molecule has 17 heavy (non-hydrogen) atoms. The van der Waals surface area contributed by atoms with Crippen molar-refractivity contribution in [2.75, 3.05) is 32.7 Å². The predicted octanol–water partition coefficient (Wildman–Crippen LogP) is 2.22. The average Bonchev–Trinajstić information content (AvgIpc) is 2.27. The molecular weight excluding hydrogens is 208 g/mol. The van der Waals surface area contributed by atoms with E-state index in [1.54, 1.807) is 0 Å². The van der Waals surface area contributed by atoms with Crippen molar-refractivity contribution < 1.29 is 0 Å². The highest BCUT2D eigenvalue weighted by Gasteiger charge is 2.07. The topological polar surface area (TPSA) is 15.3 Å². The van der Waals surface area contributed by atoms with Gasteiger partial charge in [0.2, 0.25) is 0 Å². The summed E-state index contributed by atoms with van der Waals surface area (Å²) in [6.45, 7) is 8.24. The Morgan fingerprint density at radius 2 is 1.94 bits per heavy atom. The van der Waals surface area contributed by atoms with E-state index in [0.717, 1.165) is 0 Å². The SMILES string of the molecule is Cc1cccc(CCN2CCCNCCC2)c1. The minimum Gasteiger partial charge on any atom is -0.317 e. The lowest BCUT2D eigenvalue weighted by Gasteiger charge is -2.24. The van der Waals surface area contributed by atoms with Crippen molar-refractivity contribution >= 4 is 0 Å². The van der Waals surface area contributed by atoms with Crippen molar-refractivity contribution in [2.24, 2.45) is 0 Å². The molecule has 0 aromatic heterocycles. The number of nitrogens with zero attached hydrogens (tertiary/aromatic N) is 1. The second-order valence-electron chi connectivity index (χ2n) is 5.04. The molecule has 1 aliphatic heterocycles. The van der Waals surface area contributed by atoms with Crippen molar-refractivity contribution in [1.29, 1.82) is 0 Å². The molecule has 94 valence electrons. The summed E-state index contributed by atoms with van der Waals surface area (Å²) in [7, 11) is 0. The van der Waals surface area contributed by atoms with Gasteiger partial charge in [0.05, 0.1) is 0 Å². The van der Waals surface area contributed by atoms with Crippen LogP contribution in [0, 0.1) is 6.92 Å². The van der Waals surface area contributed by atoms with Crippen LogP contribution in [-0.4, -0.2) is 37.6 Å². The quantitative estimate of drug-likeness (QED) is 0.859. The molecule has 1 heterocycles. The van der Waals surface area contributed by atoms with Crippen LogP contribution in [0.4, 0.5) is 0 Å². The van der Waals surface area contributed by atoms with E-state index in [9.17, 15) is 0 Å². The predicted molar refractivity (Wildman–Crippen MR) is 73.4 cm³/mol. The highest BCUT2D eigenvalue weighted by molar-refractivity contribution is 5.22. The zero-order valence-corrected chi connectivity index (χ0v) is 10.9. The normalized spacial score (nSPS) is 18.6. The second kappa shape index (κ2) is 6.77. The monoisotopic (exact) mass is 232 g/mol. The van der Waals surface area contributed by atoms with Crippen LogP contribution in [0.5, 0.6) is 0 Å². The maximum atomic E-state index is 3.46. The molecule has 1 aromatic carbocycles. The summed E-state index contributed by atoms with van der Waals surface area (Å²) >= 11 is 0. The number of nitrogens with one attached hydrogen (secondary N) is 1. The van der Waals surface area contributed by atoms with E-state index in [1.165, 1.54) is 63.1 Å². The third-order valence-electron chi connectivity index (χ3n) is 3.45. The fourth-order valence-electron chi connectivity index (χ4n) is 2.47. The molecule has 0 radical (unpaired) electrons. The molecule has 0 aliphatic carbocycles. The Labute approximate surface area is 105 Å². The first-order valence-corrected chi connectivity index (χ1v) is 6.83. The Morgan fingerprint density at radius 3 is 2.65 bits per heavy atom. The second-order valence-corrected chi connectivity index (χ2v) is 5.04. The van der Waals surface area contributed by atoms with Crippen molar-refractivity contribution in [3.8, 4) is 0 Å². The van der Waals surface area contributed by atoms with Gasteiger partial charge in [-0.15, -0.1) is 0 Å². The largest absolute Gasteiger partial charge is 0.317 e. The van der Waals surface area contributed by atoms with Gasteiger partial charge < -0.3 is 10.2 Å². The smallest absolute Gasteiger partial charge is 0.00218 e. The Hall–Kier alpha value is -0.860. The zero-order chi connectivity index (χ0) is 11.9.